The molecule has 0 saturated carbocycles. The van der Waals surface area contributed by atoms with Crippen LogP contribution in [-0.2, 0) is 11.3 Å². The van der Waals surface area contributed by atoms with Crippen LogP contribution in [0.5, 0.6) is 5.75 Å². The highest BCUT2D eigenvalue weighted by atomic mass is 35.5. The first-order valence-corrected chi connectivity index (χ1v) is 7.63. The largest absolute Gasteiger partial charge is 0.482 e. The van der Waals surface area contributed by atoms with Crippen molar-refractivity contribution in [2.75, 3.05) is 6.61 Å². The number of aromatic nitrogens is 3. The van der Waals surface area contributed by atoms with Crippen molar-refractivity contribution < 1.29 is 9.53 Å². The Hall–Kier alpha value is -2.86. The predicted molar refractivity (Wildman–Crippen MR) is 90.7 cm³/mol. The molecule has 1 amide bonds. The first-order valence-electron chi connectivity index (χ1n) is 7.25. The summed E-state index contributed by atoms with van der Waals surface area (Å²) in [6.07, 6.45) is 5.37. The number of pyridine rings is 1. The minimum absolute atomic E-state index is 0.215. The monoisotopic (exact) mass is 342 g/mol. The van der Waals surface area contributed by atoms with Crippen LogP contribution in [0.3, 0.4) is 0 Å². The molecule has 2 aromatic heterocycles. The fourth-order valence-corrected chi connectivity index (χ4v) is 2.50. The van der Waals surface area contributed by atoms with Gasteiger partial charge in [0.15, 0.2) is 6.61 Å². The third kappa shape index (κ3) is 3.72. The number of nitrogens with zero attached hydrogens (tertiary/aromatic N) is 3. The van der Waals surface area contributed by atoms with E-state index in [2.05, 4.69) is 9.97 Å². The number of halogens is 1. The molecule has 0 spiro atoms. The van der Waals surface area contributed by atoms with Gasteiger partial charge in [-0.1, -0.05) is 17.7 Å². The molecule has 0 aliphatic rings. The van der Waals surface area contributed by atoms with Gasteiger partial charge >= 0.3 is 0 Å². The second-order valence-corrected chi connectivity index (χ2v) is 5.51. The Bertz CT molecular complexity index is 849. The number of carbonyl (C=O) groups excluding carboxylic acids is 1. The first kappa shape index (κ1) is 16.0. The molecule has 0 bridgehead atoms. The maximum Gasteiger partial charge on any atom is 0.255 e. The van der Waals surface area contributed by atoms with E-state index in [4.69, 9.17) is 22.1 Å². The quantitative estimate of drug-likeness (QED) is 0.746. The number of benzene rings is 1. The Labute approximate surface area is 143 Å². The van der Waals surface area contributed by atoms with Gasteiger partial charge in [0.1, 0.15) is 11.6 Å². The topological polar surface area (TPSA) is 83.0 Å². The Morgan fingerprint density at radius 3 is 2.79 bits per heavy atom. The molecule has 0 saturated heterocycles. The van der Waals surface area contributed by atoms with Crippen molar-refractivity contribution in [2.24, 2.45) is 5.73 Å². The molecule has 0 aliphatic carbocycles. The van der Waals surface area contributed by atoms with Crippen molar-refractivity contribution in [1.29, 1.82) is 0 Å². The Balaban J connectivity index is 1.84. The number of imidazole rings is 1. The number of hydrogen-bond acceptors (Lipinski definition) is 4. The molecule has 1 aromatic carbocycles. The number of rotatable bonds is 6. The van der Waals surface area contributed by atoms with Crippen LogP contribution in [0.1, 0.15) is 5.69 Å². The molecule has 2 N–H and O–H groups in total. The van der Waals surface area contributed by atoms with Gasteiger partial charge in [-0.05, 0) is 30.3 Å². The van der Waals surface area contributed by atoms with Gasteiger partial charge in [0.2, 0.25) is 0 Å². The summed E-state index contributed by atoms with van der Waals surface area (Å²) in [4.78, 5) is 19.5. The average molecular weight is 343 g/mol. The van der Waals surface area contributed by atoms with E-state index < -0.39 is 5.91 Å². The molecule has 7 heteroatoms. The fraction of sp³-hybridized carbons (Fsp3) is 0.118. The molecule has 0 fully saturated rings. The maximum absolute atomic E-state index is 10.8. The van der Waals surface area contributed by atoms with E-state index in [9.17, 15) is 4.79 Å². The van der Waals surface area contributed by atoms with Crippen LogP contribution in [0.15, 0.2) is 55.0 Å². The van der Waals surface area contributed by atoms with E-state index in [0.717, 1.165) is 17.1 Å². The van der Waals surface area contributed by atoms with Gasteiger partial charge in [-0.15, -0.1) is 0 Å². The molecular weight excluding hydrogens is 328 g/mol. The van der Waals surface area contributed by atoms with E-state index >= 15 is 0 Å². The molecule has 6 nitrogen and oxygen atoms in total. The van der Waals surface area contributed by atoms with Crippen LogP contribution in [0.2, 0.25) is 5.02 Å². The molecule has 0 radical (unpaired) electrons. The molecule has 24 heavy (non-hydrogen) atoms. The predicted octanol–water partition coefficient (Wildman–Crippen LogP) is 2.51. The van der Waals surface area contributed by atoms with Crippen LogP contribution in [0.25, 0.3) is 11.4 Å². The second kappa shape index (κ2) is 7.14. The summed E-state index contributed by atoms with van der Waals surface area (Å²) in [6, 6.07) is 11.1. The van der Waals surface area contributed by atoms with Crippen molar-refractivity contribution in [3.05, 3.63) is 65.7 Å². The highest BCUT2D eigenvalue weighted by Crippen LogP contribution is 2.30. The van der Waals surface area contributed by atoms with Gasteiger partial charge < -0.3 is 15.0 Å². The highest BCUT2D eigenvalue weighted by molar-refractivity contribution is 6.32. The van der Waals surface area contributed by atoms with Gasteiger partial charge in [0.05, 0.1) is 17.3 Å². The lowest BCUT2D eigenvalue weighted by molar-refractivity contribution is -0.119. The van der Waals surface area contributed by atoms with Crippen molar-refractivity contribution in [1.82, 2.24) is 14.5 Å². The minimum Gasteiger partial charge on any atom is -0.482 e. The minimum atomic E-state index is -0.555. The lowest BCUT2D eigenvalue weighted by atomic mass is 10.2. The zero-order chi connectivity index (χ0) is 16.9. The molecule has 122 valence electrons. The van der Waals surface area contributed by atoms with Crippen LogP contribution in [0.4, 0.5) is 0 Å². The SMILES string of the molecule is NC(=O)COc1ccc(-c2nccn2Cc2ccccn2)cc1Cl. The van der Waals surface area contributed by atoms with Crippen molar-refractivity contribution in [2.45, 2.75) is 6.54 Å². The normalized spacial score (nSPS) is 10.5. The van der Waals surface area contributed by atoms with Crippen molar-refractivity contribution in [3.63, 3.8) is 0 Å². The maximum atomic E-state index is 10.8. The Morgan fingerprint density at radius 1 is 1.21 bits per heavy atom. The summed E-state index contributed by atoms with van der Waals surface area (Å²) in [6.45, 7) is 0.390. The summed E-state index contributed by atoms with van der Waals surface area (Å²) < 4.78 is 7.24. The van der Waals surface area contributed by atoms with Crippen LogP contribution >= 0.6 is 11.6 Å². The van der Waals surface area contributed by atoms with Crippen molar-refractivity contribution >= 4 is 17.5 Å². The lowest BCUT2D eigenvalue weighted by Crippen LogP contribution is -2.20. The molecule has 3 rings (SSSR count). The molecular formula is C17H15ClN4O2. The summed E-state index contributed by atoms with van der Waals surface area (Å²) in [7, 11) is 0. The third-order valence-electron chi connectivity index (χ3n) is 3.33. The van der Waals surface area contributed by atoms with Crippen LogP contribution in [-0.4, -0.2) is 27.0 Å². The lowest BCUT2D eigenvalue weighted by Gasteiger charge is -2.10. The number of hydrogen-bond donors (Lipinski definition) is 1. The molecule has 0 aliphatic heterocycles. The third-order valence-corrected chi connectivity index (χ3v) is 3.63. The number of ether oxygens (including phenoxy) is 1. The van der Waals surface area contributed by atoms with Crippen molar-refractivity contribution in [3.8, 4) is 17.1 Å². The summed E-state index contributed by atoms with van der Waals surface area (Å²) in [5, 5.41) is 0.390. The van der Waals surface area contributed by atoms with E-state index in [0.29, 0.717) is 17.3 Å². The van der Waals surface area contributed by atoms with E-state index in [1.165, 1.54) is 0 Å². The van der Waals surface area contributed by atoms with E-state index in [1.807, 2.05) is 35.0 Å². The molecule has 0 unspecified atom stereocenters. The first-order chi connectivity index (χ1) is 11.6. The van der Waals surface area contributed by atoms with E-state index in [1.54, 1.807) is 24.5 Å². The number of amides is 1. The molecule has 0 atom stereocenters. The van der Waals surface area contributed by atoms with Gasteiger partial charge in [-0.3, -0.25) is 9.78 Å². The van der Waals surface area contributed by atoms with Crippen LogP contribution < -0.4 is 10.5 Å². The fourth-order valence-electron chi connectivity index (χ4n) is 2.27. The smallest absolute Gasteiger partial charge is 0.255 e. The summed E-state index contributed by atoms with van der Waals surface area (Å²) >= 11 is 6.22. The van der Waals surface area contributed by atoms with Gasteiger partial charge in [0.25, 0.3) is 5.91 Å². The Morgan fingerprint density at radius 2 is 2.08 bits per heavy atom. The van der Waals surface area contributed by atoms with E-state index in [-0.39, 0.29) is 6.61 Å². The van der Waals surface area contributed by atoms with Gasteiger partial charge in [-0.2, -0.15) is 0 Å². The number of nitrogens with two attached hydrogens (primary N) is 1. The Kier molecular flexibility index (Phi) is 4.77. The van der Waals surface area contributed by atoms with Crippen LogP contribution in [0, 0.1) is 0 Å². The number of carbonyl (C=O) groups is 1. The summed E-state index contributed by atoms with van der Waals surface area (Å²) in [5.41, 5.74) is 6.84. The van der Waals surface area contributed by atoms with Gasteiger partial charge in [0, 0.05) is 24.2 Å². The zero-order valence-corrected chi connectivity index (χ0v) is 13.5. The molecule has 3 aromatic rings. The summed E-state index contributed by atoms with van der Waals surface area (Å²) in [5.74, 6) is 0.618. The zero-order valence-electron chi connectivity index (χ0n) is 12.7. The second-order valence-electron chi connectivity index (χ2n) is 5.10. The average Bonchev–Trinajstić information content (AvgIpc) is 3.02. The van der Waals surface area contributed by atoms with Gasteiger partial charge in [-0.25, -0.2) is 4.98 Å². The molecule has 2 heterocycles. The standard InChI is InChI=1S/C17H15ClN4O2/c18-14-9-12(4-5-15(14)24-11-16(19)23)17-21-7-8-22(17)10-13-3-1-2-6-20-13/h1-9H,10-11H2,(H2,19,23). The number of primary amides is 1. The highest BCUT2D eigenvalue weighted by Gasteiger charge is 2.11.